The summed E-state index contributed by atoms with van der Waals surface area (Å²) < 4.78 is 1.05. The summed E-state index contributed by atoms with van der Waals surface area (Å²) in [6.45, 7) is 1.63. The molecule has 0 radical (unpaired) electrons. The monoisotopic (exact) mass is 271 g/mol. The molecular weight excluding hydrogens is 254 g/mol. The number of allylic oxidation sites excluding steroid dienone is 2. The number of nitrogens with zero attached hydrogens (tertiary/aromatic N) is 3. The second-order valence-electron chi connectivity index (χ2n) is 4.50. The molecule has 0 spiro atoms. The van der Waals surface area contributed by atoms with Crippen molar-refractivity contribution in [3.05, 3.63) is 51.1 Å². The predicted molar refractivity (Wildman–Crippen MR) is 78.2 cm³/mol. The van der Waals surface area contributed by atoms with E-state index in [-0.39, 0.29) is 11.4 Å². The highest BCUT2D eigenvalue weighted by atomic mass is 16.3. The fourth-order valence-electron chi connectivity index (χ4n) is 1.61. The molecule has 0 aliphatic heterocycles. The Morgan fingerprint density at radius 2 is 2.05 bits per heavy atom. The first-order valence-corrected chi connectivity index (χ1v) is 5.98. The minimum Gasteiger partial charge on any atom is -0.494 e. The first-order chi connectivity index (χ1) is 9.40. The molecule has 20 heavy (non-hydrogen) atoms. The van der Waals surface area contributed by atoms with Crippen LogP contribution in [-0.4, -0.2) is 28.7 Å². The van der Waals surface area contributed by atoms with E-state index in [1.807, 2.05) is 31.3 Å². The van der Waals surface area contributed by atoms with Gasteiger partial charge in [-0.2, -0.15) is 5.26 Å². The summed E-state index contributed by atoms with van der Waals surface area (Å²) in [5, 5.41) is 19.0. The summed E-state index contributed by atoms with van der Waals surface area (Å²) in [5.74, 6) is -0.177. The van der Waals surface area contributed by atoms with Gasteiger partial charge in [-0.15, -0.1) is 5.73 Å². The molecule has 0 aromatic carbocycles. The molecule has 5 nitrogen and oxygen atoms in total. The molecule has 0 fully saturated rings. The van der Waals surface area contributed by atoms with E-state index in [1.54, 1.807) is 25.2 Å². The Morgan fingerprint density at radius 3 is 2.60 bits per heavy atom. The fraction of sp³-hybridized carbons (Fsp3) is 0.267. The number of nitriles is 1. The van der Waals surface area contributed by atoms with Crippen molar-refractivity contribution < 1.29 is 5.11 Å². The standard InChI is InChI=1S/C15H17N3O2/c1-11-12(8-6-5-7-9-17(2)3)14(19)18(4)15(20)13(11)10-16/h5,7-9,19H,1-4H3. The summed E-state index contributed by atoms with van der Waals surface area (Å²) in [4.78, 5) is 13.6. The van der Waals surface area contributed by atoms with Gasteiger partial charge in [-0.05, 0) is 36.9 Å². The van der Waals surface area contributed by atoms with E-state index in [0.29, 0.717) is 11.1 Å². The molecule has 0 unspecified atom stereocenters. The molecule has 0 bridgehead atoms. The summed E-state index contributed by atoms with van der Waals surface area (Å²) in [7, 11) is 5.22. The minimum absolute atomic E-state index is 0.0298. The largest absolute Gasteiger partial charge is 0.494 e. The Hall–Kier alpha value is -2.70. The summed E-state index contributed by atoms with van der Waals surface area (Å²) in [6.07, 6.45) is 6.85. The Balaban J connectivity index is 3.34. The van der Waals surface area contributed by atoms with E-state index in [2.05, 4.69) is 5.73 Å². The molecule has 104 valence electrons. The number of rotatable bonds is 3. The minimum atomic E-state index is -0.504. The first kappa shape index (κ1) is 15.4. The number of hydrogen-bond acceptors (Lipinski definition) is 4. The third-order valence-electron chi connectivity index (χ3n) is 2.77. The molecule has 1 aromatic rings. The van der Waals surface area contributed by atoms with Gasteiger partial charge < -0.3 is 10.0 Å². The molecule has 0 aliphatic carbocycles. The van der Waals surface area contributed by atoms with E-state index in [1.165, 1.54) is 7.05 Å². The van der Waals surface area contributed by atoms with Crippen molar-refractivity contribution in [3.8, 4) is 11.9 Å². The first-order valence-electron chi connectivity index (χ1n) is 5.98. The maximum atomic E-state index is 11.8. The number of hydrogen-bond donors (Lipinski definition) is 1. The average Bonchev–Trinajstić information content (AvgIpc) is 2.40. The van der Waals surface area contributed by atoms with Crippen molar-refractivity contribution in [3.63, 3.8) is 0 Å². The zero-order chi connectivity index (χ0) is 15.3. The van der Waals surface area contributed by atoms with Crippen LogP contribution in [0.1, 0.15) is 16.7 Å². The van der Waals surface area contributed by atoms with E-state index >= 15 is 0 Å². The SMILES string of the molecule is Cc1c(C=C=CC=CN(C)C)c(O)n(C)c(=O)c1C#N. The van der Waals surface area contributed by atoms with Crippen LogP contribution in [0, 0.1) is 18.3 Å². The molecule has 1 N–H and O–H groups in total. The second-order valence-corrected chi connectivity index (χ2v) is 4.50. The van der Waals surface area contributed by atoms with Gasteiger partial charge in [0, 0.05) is 26.7 Å². The van der Waals surface area contributed by atoms with Gasteiger partial charge in [0.2, 0.25) is 5.88 Å². The topological polar surface area (TPSA) is 69.3 Å². The van der Waals surface area contributed by atoms with Crippen LogP contribution in [0.2, 0.25) is 0 Å². The third kappa shape index (κ3) is 3.19. The molecule has 1 rings (SSSR count). The van der Waals surface area contributed by atoms with Crippen LogP contribution in [0.4, 0.5) is 0 Å². The van der Waals surface area contributed by atoms with E-state index in [4.69, 9.17) is 5.26 Å². The highest BCUT2D eigenvalue weighted by Gasteiger charge is 2.14. The van der Waals surface area contributed by atoms with Crippen molar-refractivity contribution >= 4 is 6.08 Å². The Labute approximate surface area is 118 Å². The van der Waals surface area contributed by atoms with Gasteiger partial charge in [-0.1, -0.05) is 0 Å². The quantitative estimate of drug-likeness (QED) is 0.668. The van der Waals surface area contributed by atoms with Crippen molar-refractivity contribution in [2.24, 2.45) is 7.05 Å². The Morgan fingerprint density at radius 1 is 1.40 bits per heavy atom. The molecule has 0 saturated heterocycles. The lowest BCUT2D eigenvalue weighted by molar-refractivity contribution is 0.421. The third-order valence-corrected chi connectivity index (χ3v) is 2.77. The summed E-state index contributed by atoms with van der Waals surface area (Å²) in [5.41, 5.74) is 3.28. The smallest absolute Gasteiger partial charge is 0.271 e. The molecule has 0 atom stereocenters. The second kappa shape index (κ2) is 6.46. The van der Waals surface area contributed by atoms with E-state index in [9.17, 15) is 9.90 Å². The van der Waals surface area contributed by atoms with Crippen LogP contribution >= 0.6 is 0 Å². The predicted octanol–water partition coefficient (Wildman–Crippen LogP) is 1.51. The molecular formula is C15H17N3O2. The molecule has 1 heterocycles. The van der Waals surface area contributed by atoms with E-state index in [0.717, 1.165) is 4.57 Å². The molecule has 0 saturated carbocycles. The normalized spacial score (nSPS) is 9.95. The maximum absolute atomic E-state index is 11.8. The summed E-state index contributed by atoms with van der Waals surface area (Å²) in [6, 6.07) is 1.87. The van der Waals surface area contributed by atoms with Crippen LogP contribution in [0.15, 0.2) is 28.9 Å². The lowest BCUT2D eigenvalue weighted by Crippen LogP contribution is -2.21. The Kier molecular flexibility index (Phi) is 4.96. The van der Waals surface area contributed by atoms with Crippen LogP contribution in [0.25, 0.3) is 6.08 Å². The lowest BCUT2D eigenvalue weighted by atomic mass is 10.1. The fourth-order valence-corrected chi connectivity index (χ4v) is 1.61. The van der Waals surface area contributed by atoms with Crippen molar-refractivity contribution in [1.29, 1.82) is 5.26 Å². The molecule has 0 aliphatic rings. The zero-order valence-corrected chi connectivity index (χ0v) is 12.0. The van der Waals surface area contributed by atoms with Gasteiger partial charge in [0.05, 0.1) is 0 Å². The zero-order valence-electron chi connectivity index (χ0n) is 12.0. The van der Waals surface area contributed by atoms with Gasteiger partial charge in [0.1, 0.15) is 11.6 Å². The van der Waals surface area contributed by atoms with Crippen molar-refractivity contribution in [2.75, 3.05) is 14.1 Å². The van der Waals surface area contributed by atoms with Crippen molar-refractivity contribution in [2.45, 2.75) is 6.92 Å². The maximum Gasteiger partial charge on any atom is 0.271 e. The van der Waals surface area contributed by atoms with Gasteiger partial charge in [-0.3, -0.25) is 9.36 Å². The van der Waals surface area contributed by atoms with Gasteiger partial charge >= 0.3 is 0 Å². The average molecular weight is 271 g/mol. The van der Waals surface area contributed by atoms with Crippen LogP contribution in [-0.2, 0) is 7.05 Å². The van der Waals surface area contributed by atoms with Crippen LogP contribution in [0.3, 0.4) is 0 Å². The molecule has 0 amide bonds. The van der Waals surface area contributed by atoms with Crippen LogP contribution < -0.4 is 5.56 Å². The molecule has 5 heteroatoms. The summed E-state index contributed by atoms with van der Waals surface area (Å²) >= 11 is 0. The number of aromatic hydroxyl groups is 1. The number of pyridine rings is 1. The number of aromatic nitrogens is 1. The lowest BCUT2D eigenvalue weighted by Gasteiger charge is -2.09. The highest BCUT2D eigenvalue weighted by molar-refractivity contribution is 5.61. The van der Waals surface area contributed by atoms with Crippen LogP contribution in [0.5, 0.6) is 5.88 Å². The van der Waals surface area contributed by atoms with E-state index < -0.39 is 5.56 Å². The van der Waals surface area contributed by atoms with Crippen molar-refractivity contribution in [1.82, 2.24) is 9.47 Å². The molecule has 1 aromatic heterocycles. The Bertz CT molecular complexity index is 697. The van der Waals surface area contributed by atoms with Gasteiger partial charge in [0.25, 0.3) is 5.56 Å². The van der Waals surface area contributed by atoms with Gasteiger partial charge in [-0.25, -0.2) is 0 Å². The van der Waals surface area contributed by atoms with Gasteiger partial charge in [0.15, 0.2) is 0 Å². The highest BCUT2D eigenvalue weighted by Crippen LogP contribution is 2.21.